The molecule has 2 heterocycles. The van der Waals surface area contributed by atoms with E-state index in [1.807, 2.05) is 108 Å². The van der Waals surface area contributed by atoms with E-state index in [2.05, 4.69) is 5.10 Å². The SMILES string of the molecule is C[C@@H]1CN(c2cc(C(F)(F)F)nn2Cc2ccccc2)CCN1C(=O)C(c1ccccc1)c1ccccc1. The number of hydrogen-bond acceptors (Lipinski definition) is 3. The van der Waals surface area contributed by atoms with E-state index >= 15 is 0 Å². The maximum Gasteiger partial charge on any atom is 0.435 e. The molecule has 1 saturated heterocycles. The average molecular weight is 519 g/mol. The lowest BCUT2D eigenvalue weighted by Gasteiger charge is -2.42. The molecule has 0 N–H and O–H groups in total. The molecular weight excluding hydrogens is 489 g/mol. The summed E-state index contributed by atoms with van der Waals surface area (Å²) in [6.07, 6.45) is -4.54. The van der Waals surface area contributed by atoms with Gasteiger partial charge in [0.05, 0.1) is 12.5 Å². The lowest BCUT2D eigenvalue weighted by molar-refractivity contribution is -0.141. The second-order valence-corrected chi connectivity index (χ2v) is 9.61. The highest BCUT2D eigenvalue weighted by Crippen LogP contribution is 2.33. The molecule has 0 unspecified atom stereocenters. The summed E-state index contributed by atoms with van der Waals surface area (Å²) >= 11 is 0. The summed E-state index contributed by atoms with van der Waals surface area (Å²) < 4.78 is 42.2. The molecule has 1 aliphatic heterocycles. The Hall–Kier alpha value is -4.07. The highest BCUT2D eigenvalue weighted by Gasteiger charge is 2.38. The average Bonchev–Trinajstić information content (AvgIpc) is 3.35. The second-order valence-electron chi connectivity index (χ2n) is 9.61. The van der Waals surface area contributed by atoms with Crippen molar-refractivity contribution in [1.82, 2.24) is 14.7 Å². The van der Waals surface area contributed by atoms with Crippen LogP contribution in [0.15, 0.2) is 97.1 Å². The molecule has 8 heteroatoms. The summed E-state index contributed by atoms with van der Waals surface area (Å²) in [6, 6.07) is 29.6. The number of benzene rings is 3. The Morgan fingerprint density at radius 3 is 1.97 bits per heavy atom. The fraction of sp³-hybridized carbons (Fsp3) is 0.267. The fourth-order valence-corrected chi connectivity index (χ4v) is 5.10. The number of amides is 1. The molecule has 5 rings (SSSR count). The normalized spacial score (nSPS) is 16.2. The van der Waals surface area contributed by atoms with E-state index in [1.54, 1.807) is 0 Å². The summed E-state index contributed by atoms with van der Waals surface area (Å²) in [6.45, 7) is 3.38. The molecule has 1 aliphatic rings. The van der Waals surface area contributed by atoms with Gasteiger partial charge in [-0.05, 0) is 23.6 Å². The maximum atomic E-state index is 13.9. The van der Waals surface area contributed by atoms with Gasteiger partial charge in [0.25, 0.3) is 0 Å². The number of piperazine rings is 1. The van der Waals surface area contributed by atoms with Crippen LogP contribution in [-0.4, -0.2) is 46.3 Å². The first-order valence-corrected chi connectivity index (χ1v) is 12.7. The third kappa shape index (κ3) is 5.44. The van der Waals surface area contributed by atoms with Gasteiger partial charge in [0.1, 0.15) is 5.82 Å². The fourth-order valence-electron chi connectivity index (χ4n) is 5.10. The Kier molecular flexibility index (Phi) is 7.22. The maximum absolute atomic E-state index is 13.9. The van der Waals surface area contributed by atoms with Gasteiger partial charge in [-0.1, -0.05) is 91.0 Å². The lowest BCUT2D eigenvalue weighted by atomic mass is 9.89. The number of carbonyl (C=O) groups is 1. The Balaban J connectivity index is 1.40. The van der Waals surface area contributed by atoms with Gasteiger partial charge in [-0.25, -0.2) is 4.68 Å². The first-order valence-electron chi connectivity index (χ1n) is 12.7. The third-order valence-corrected chi connectivity index (χ3v) is 6.97. The molecular formula is C30H29F3N4O. The molecule has 1 atom stereocenters. The largest absolute Gasteiger partial charge is 0.435 e. The van der Waals surface area contributed by atoms with E-state index in [1.165, 1.54) is 4.68 Å². The first-order chi connectivity index (χ1) is 18.3. The molecule has 1 fully saturated rings. The van der Waals surface area contributed by atoms with Gasteiger partial charge in [0.15, 0.2) is 5.69 Å². The van der Waals surface area contributed by atoms with Crippen LogP contribution in [0.1, 0.15) is 35.2 Å². The van der Waals surface area contributed by atoms with Gasteiger partial charge in [-0.3, -0.25) is 4.79 Å². The lowest BCUT2D eigenvalue weighted by Crippen LogP contribution is -2.55. The van der Waals surface area contributed by atoms with E-state index in [0.29, 0.717) is 25.5 Å². The number of hydrogen-bond donors (Lipinski definition) is 0. The van der Waals surface area contributed by atoms with Crippen molar-refractivity contribution in [1.29, 1.82) is 0 Å². The molecule has 4 aromatic rings. The van der Waals surface area contributed by atoms with Crippen LogP contribution in [0.2, 0.25) is 0 Å². The Morgan fingerprint density at radius 1 is 0.895 bits per heavy atom. The highest BCUT2D eigenvalue weighted by molar-refractivity contribution is 5.87. The first kappa shape index (κ1) is 25.6. The number of alkyl halides is 3. The summed E-state index contributed by atoms with van der Waals surface area (Å²) in [5.41, 5.74) is 1.77. The topological polar surface area (TPSA) is 41.4 Å². The van der Waals surface area contributed by atoms with E-state index in [9.17, 15) is 18.0 Å². The number of aromatic nitrogens is 2. The molecule has 0 spiro atoms. The quantitative estimate of drug-likeness (QED) is 0.323. The molecule has 0 aliphatic carbocycles. The number of anilines is 1. The minimum absolute atomic E-state index is 0.0108. The monoisotopic (exact) mass is 518 g/mol. The van der Waals surface area contributed by atoms with Crippen LogP contribution in [-0.2, 0) is 17.5 Å². The predicted octanol–water partition coefficient (Wildman–Crippen LogP) is 5.82. The Labute approximate surface area is 220 Å². The molecule has 3 aromatic carbocycles. The molecule has 0 bridgehead atoms. The van der Waals surface area contributed by atoms with Crippen LogP contribution in [0.5, 0.6) is 0 Å². The van der Waals surface area contributed by atoms with Gasteiger partial charge in [-0.15, -0.1) is 0 Å². The molecule has 196 valence electrons. The standard InChI is InChI=1S/C30H29F3N4O/c1-22-20-35(27-19-26(30(31,32)33)34-37(27)21-23-11-5-2-6-12-23)17-18-36(22)29(38)28(24-13-7-3-8-14-24)25-15-9-4-10-16-25/h2-16,19,22,28H,17-18,20-21H2,1H3/t22-/m1/s1. The van der Waals surface area contributed by atoms with Crippen LogP contribution in [0.25, 0.3) is 0 Å². The van der Waals surface area contributed by atoms with E-state index in [-0.39, 0.29) is 18.5 Å². The molecule has 5 nitrogen and oxygen atoms in total. The smallest absolute Gasteiger partial charge is 0.353 e. The number of rotatable bonds is 6. The predicted molar refractivity (Wildman–Crippen MR) is 141 cm³/mol. The van der Waals surface area contributed by atoms with E-state index in [0.717, 1.165) is 22.8 Å². The van der Waals surface area contributed by atoms with E-state index < -0.39 is 17.8 Å². The Morgan fingerprint density at radius 2 is 1.45 bits per heavy atom. The third-order valence-electron chi connectivity index (χ3n) is 6.97. The molecule has 0 saturated carbocycles. The van der Waals surface area contributed by atoms with Crippen molar-refractivity contribution in [2.45, 2.75) is 31.6 Å². The molecule has 0 radical (unpaired) electrons. The number of nitrogens with zero attached hydrogens (tertiary/aromatic N) is 4. The van der Waals surface area contributed by atoms with Crippen molar-refractivity contribution in [3.8, 4) is 0 Å². The molecule has 1 aromatic heterocycles. The molecule has 1 amide bonds. The number of halogens is 3. The van der Waals surface area contributed by atoms with Crippen LogP contribution < -0.4 is 4.90 Å². The van der Waals surface area contributed by atoms with Crippen molar-refractivity contribution in [3.05, 3.63) is 119 Å². The minimum atomic E-state index is -4.54. The van der Waals surface area contributed by atoms with Gasteiger partial charge >= 0.3 is 6.18 Å². The van der Waals surface area contributed by atoms with Crippen LogP contribution in [0.4, 0.5) is 19.0 Å². The highest BCUT2D eigenvalue weighted by atomic mass is 19.4. The van der Waals surface area contributed by atoms with Gasteiger partial charge < -0.3 is 9.80 Å². The zero-order valence-electron chi connectivity index (χ0n) is 21.1. The van der Waals surface area contributed by atoms with Gasteiger partial charge in [0.2, 0.25) is 5.91 Å². The summed E-state index contributed by atoms with van der Waals surface area (Å²) in [4.78, 5) is 17.7. The number of carbonyl (C=O) groups excluding carboxylic acids is 1. The van der Waals surface area contributed by atoms with Crippen molar-refractivity contribution in [2.75, 3.05) is 24.5 Å². The van der Waals surface area contributed by atoms with Crippen molar-refractivity contribution >= 4 is 11.7 Å². The zero-order valence-corrected chi connectivity index (χ0v) is 21.1. The summed E-state index contributed by atoms with van der Waals surface area (Å²) in [5, 5.41) is 3.91. The Bertz CT molecular complexity index is 1320. The van der Waals surface area contributed by atoms with Crippen LogP contribution >= 0.6 is 0 Å². The van der Waals surface area contributed by atoms with Crippen molar-refractivity contribution in [3.63, 3.8) is 0 Å². The van der Waals surface area contributed by atoms with Crippen LogP contribution in [0.3, 0.4) is 0 Å². The van der Waals surface area contributed by atoms with Gasteiger partial charge in [0, 0.05) is 31.7 Å². The van der Waals surface area contributed by atoms with Crippen molar-refractivity contribution < 1.29 is 18.0 Å². The van der Waals surface area contributed by atoms with Crippen molar-refractivity contribution in [2.24, 2.45) is 0 Å². The van der Waals surface area contributed by atoms with Gasteiger partial charge in [-0.2, -0.15) is 18.3 Å². The summed E-state index contributed by atoms with van der Waals surface area (Å²) in [5.74, 6) is -0.0574. The molecule has 38 heavy (non-hydrogen) atoms. The summed E-state index contributed by atoms with van der Waals surface area (Å²) in [7, 11) is 0. The second kappa shape index (κ2) is 10.7. The minimum Gasteiger partial charge on any atom is -0.353 e. The van der Waals surface area contributed by atoms with Crippen LogP contribution in [0, 0.1) is 0 Å². The zero-order chi connectivity index (χ0) is 26.7. The van der Waals surface area contributed by atoms with E-state index in [4.69, 9.17) is 0 Å².